The van der Waals surface area contributed by atoms with E-state index in [1.807, 2.05) is 0 Å². The number of fused-ring (bicyclic) bond motifs is 1. The summed E-state index contributed by atoms with van der Waals surface area (Å²) in [4.78, 5) is 9.80. The van der Waals surface area contributed by atoms with Crippen molar-refractivity contribution in [1.29, 1.82) is 0 Å². The van der Waals surface area contributed by atoms with E-state index in [4.69, 9.17) is 5.73 Å². The number of hydrogen-bond acceptors (Lipinski definition) is 5. The number of nitrogens with zero attached hydrogens (tertiary/aromatic N) is 3. The van der Waals surface area contributed by atoms with Gasteiger partial charge in [0.25, 0.3) is 0 Å². The van der Waals surface area contributed by atoms with Crippen molar-refractivity contribution in [3.8, 4) is 0 Å². The highest BCUT2D eigenvalue weighted by molar-refractivity contribution is 7.09. The van der Waals surface area contributed by atoms with Crippen LogP contribution in [0.1, 0.15) is 30.0 Å². The summed E-state index contributed by atoms with van der Waals surface area (Å²) in [5.41, 5.74) is 6.81. The molecule has 18 heavy (non-hydrogen) atoms. The summed E-state index contributed by atoms with van der Waals surface area (Å²) in [6, 6.07) is 0.792. The van der Waals surface area contributed by atoms with Gasteiger partial charge in [0.15, 0.2) is 0 Å². The maximum absolute atomic E-state index is 5.61. The Labute approximate surface area is 113 Å². The molecule has 0 amide bonds. The van der Waals surface area contributed by atoms with E-state index in [2.05, 4.69) is 20.2 Å². The molecule has 5 heteroatoms. The lowest BCUT2D eigenvalue weighted by molar-refractivity contribution is 0.0452. The Morgan fingerprint density at radius 1 is 1.33 bits per heavy atom. The van der Waals surface area contributed by atoms with Crippen LogP contribution >= 0.6 is 11.3 Å². The van der Waals surface area contributed by atoms with Gasteiger partial charge in [0.2, 0.25) is 0 Å². The summed E-state index contributed by atoms with van der Waals surface area (Å²) in [5.74, 6) is 0. The highest BCUT2D eigenvalue weighted by Gasteiger charge is 2.28. The molecule has 2 fully saturated rings. The molecule has 3 rings (SSSR count). The number of piperidine rings is 1. The number of aromatic nitrogens is 1. The predicted molar refractivity (Wildman–Crippen MR) is 74.5 cm³/mol. The number of nitrogens with two attached hydrogens (primary N) is 1. The molecule has 2 aliphatic rings. The average Bonchev–Trinajstić information content (AvgIpc) is 2.86. The minimum atomic E-state index is 0.571. The summed E-state index contributed by atoms with van der Waals surface area (Å²) >= 11 is 1.69. The van der Waals surface area contributed by atoms with Gasteiger partial charge < -0.3 is 5.73 Å². The van der Waals surface area contributed by atoms with Gasteiger partial charge in [0.1, 0.15) is 5.01 Å². The van der Waals surface area contributed by atoms with E-state index in [9.17, 15) is 0 Å². The zero-order chi connectivity index (χ0) is 12.4. The van der Waals surface area contributed by atoms with E-state index in [1.165, 1.54) is 51.1 Å². The fourth-order valence-electron chi connectivity index (χ4n) is 3.11. The van der Waals surface area contributed by atoms with Crippen LogP contribution in [0.5, 0.6) is 0 Å². The van der Waals surface area contributed by atoms with Crippen LogP contribution < -0.4 is 5.73 Å². The first-order chi connectivity index (χ1) is 8.85. The van der Waals surface area contributed by atoms with Crippen molar-refractivity contribution >= 4 is 11.3 Å². The lowest BCUT2D eigenvalue weighted by atomic mass is 9.99. The quantitative estimate of drug-likeness (QED) is 0.895. The van der Waals surface area contributed by atoms with Crippen LogP contribution in [-0.2, 0) is 13.1 Å². The largest absolute Gasteiger partial charge is 0.325 e. The molecule has 4 nitrogen and oxygen atoms in total. The summed E-state index contributed by atoms with van der Waals surface area (Å²) in [7, 11) is 0. The molecular weight excluding hydrogens is 244 g/mol. The maximum Gasteiger partial charge on any atom is 0.106 e. The Hall–Kier alpha value is -0.490. The molecule has 1 aromatic heterocycles. The van der Waals surface area contributed by atoms with Crippen molar-refractivity contribution in [1.82, 2.24) is 14.8 Å². The Balaban J connectivity index is 1.57. The van der Waals surface area contributed by atoms with Gasteiger partial charge in [0.05, 0.1) is 5.69 Å². The van der Waals surface area contributed by atoms with Crippen molar-refractivity contribution in [2.24, 2.45) is 5.73 Å². The van der Waals surface area contributed by atoms with Crippen molar-refractivity contribution in [3.63, 3.8) is 0 Å². The van der Waals surface area contributed by atoms with Crippen LogP contribution in [-0.4, -0.2) is 47.0 Å². The summed E-state index contributed by atoms with van der Waals surface area (Å²) in [6.07, 6.45) is 4.17. The minimum absolute atomic E-state index is 0.571. The van der Waals surface area contributed by atoms with Crippen LogP contribution in [0.2, 0.25) is 0 Å². The van der Waals surface area contributed by atoms with E-state index in [-0.39, 0.29) is 0 Å². The van der Waals surface area contributed by atoms with E-state index in [1.54, 1.807) is 11.3 Å². The molecule has 1 aromatic rings. The van der Waals surface area contributed by atoms with Crippen molar-refractivity contribution in [2.45, 2.75) is 38.4 Å². The molecule has 2 N–H and O–H groups in total. The Kier molecular flexibility index (Phi) is 3.94. The smallest absolute Gasteiger partial charge is 0.106 e. The predicted octanol–water partition coefficient (Wildman–Crippen LogP) is 1.27. The van der Waals surface area contributed by atoms with E-state index < -0.39 is 0 Å². The lowest BCUT2D eigenvalue weighted by Gasteiger charge is -2.43. The van der Waals surface area contributed by atoms with Gasteiger partial charge in [-0.2, -0.15) is 0 Å². The monoisotopic (exact) mass is 266 g/mol. The standard InChI is InChI=1S/C13H22N4S/c14-7-13-15-11(10-18-13)8-16-5-6-17-4-2-1-3-12(17)9-16/h10,12H,1-9,14H2. The topological polar surface area (TPSA) is 45.4 Å². The third-order valence-electron chi connectivity index (χ3n) is 4.08. The van der Waals surface area contributed by atoms with Gasteiger partial charge in [0, 0.05) is 44.1 Å². The molecule has 0 spiro atoms. The second kappa shape index (κ2) is 5.65. The number of rotatable bonds is 3. The fraction of sp³-hybridized carbons (Fsp3) is 0.769. The highest BCUT2D eigenvalue weighted by Crippen LogP contribution is 2.22. The first-order valence-electron chi connectivity index (χ1n) is 6.95. The Morgan fingerprint density at radius 2 is 2.28 bits per heavy atom. The molecule has 2 saturated heterocycles. The Morgan fingerprint density at radius 3 is 3.11 bits per heavy atom. The first-order valence-corrected chi connectivity index (χ1v) is 7.83. The van der Waals surface area contributed by atoms with E-state index in [0.29, 0.717) is 6.54 Å². The van der Waals surface area contributed by atoms with Crippen LogP contribution in [0.15, 0.2) is 5.38 Å². The molecular formula is C13H22N4S. The van der Waals surface area contributed by atoms with Gasteiger partial charge in [-0.3, -0.25) is 9.80 Å². The third-order valence-corrected chi connectivity index (χ3v) is 5.00. The normalized spacial score (nSPS) is 26.2. The van der Waals surface area contributed by atoms with Gasteiger partial charge >= 0.3 is 0 Å². The van der Waals surface area contributed by atoms with E-state index in [0.717, 1.165) is 17.6 Å². The zero-order valence-corrected chi connectivity index (χ0v) is 11.7. The highest BCUT2D eigenvalue weighted by atomic mass is 32.1. The molecule has 0 aliphatic carbocycles. The molecule has 0 bridgehead atoms. The van der Waals surface area contributed by atoms with Crippen molar-refractivity contribution < 1.29 is 0 Å². The molecule has 2 aliphatic heterocycles. The second-order valence-corrected chi connectivity index (χ2v) is 6.30. The summed E-state index contributed by atoms with van der Waals surface area (Å²) in [5, 5.41) is 3.22. The summed E-state index contributed by atoms with van der Waals surface area (Å²) in [6.45, 7) is 6.52. The fourth-order valence-corrected chi connectivity index (χ4v) is 3.77. The maximum atomic E-state index is 5.61. The van der Waals surface area contributed by atoms with Gasteiger partial charge in [-0.15, -0.1) is 11.3 Å². The molecule has 1 unspecified atom stereocenters. The molecule has 0 aromatic carbocycles. The first kappa shape index (κ1) is 12.5. The number of piperazine rings is 1. The van der Waals surface area contributed by atoms with Gasteiger partial charge in [-0.05, 0) is 19.4 Å². The third kappa shape index (κ3) is 2.74. The zero-order valence-electron chi connectivity index (χ0n) is 10.8. The van der Waals surface area contributed by atoms with Crippen LogP contribution in [0.4, 0.5) is 0 Å². The SMILES string of the molecule is NCc1nc(CN2CCN3CCCCC3C2)cs1. The minimum Gasteiger partial charge on any atom is -0.325 e. The number of thiazole rings is 1. The van der Waals surface area contributed by atoms with E-state index >= 15 is 0 Å². The molecule has 3 heterocycles. The molecule has 0 saturated carbocycles. The summed E-state index contributed by atoms with van der Waals surface area (Å²) < 4.78 is 0. The molecule has 100 valence electrons. The van der Waals surface area contributed by atoms with Crippen LogP contribution in [0.25, 0.3) is 0 Å². The molecule has 1 atom stereocenters. The van der Waals surface area contributed by atoms with Crippen LogP contribution in [0, 0.1) is 0 Å². The number of hydrogen-bond donors (Lipinski definition) is 1. The molecule has 0 radical (unpaired) electrons. The van der Waals surface area contributed by atoms with Crippen molar-refractivity contribution in [2.75, 3.05) is 26.2 Å². The van der Waals surface area contributed by atoms with Crippen molar-refractivity contribution in [3.05, 3.63) is 16.1 Å². The lowest BCUT2D eigenvalue weighted by Crippen LogP contribution is -2.54. The van der Waals surface area contributed by atoms with Gasteiger partial charge in [-0.1, -0.05) is 6.42 Å². The van der Waals surface area contributed by atoms with Crippen LogP contribution in [0.3, 0.4) is 0 Å². The second-order valence-electron chi connectivity index (χ2n) is 5.36. The average molecular weight is 266 g/mol. The Bertz CT molecular complexity index is 392. The van der Waals surface area contributed by atoms with Gasteiger partial charge in [-0.25, -0.2) is 4.98 Å².